The summed E-state index contributed by atoms with van der Waals surface area (Å²) in [7, 11) is 1.65. The van der Waals surface area contributed by atoms with Crippen molar-refractivity contribution in [3.05, 3.63) is 101 Å². The van der Waals surface area contributed by atoms with Gasteiger partial charge < -0.3 is 15.4 Å². The number of hydrogen-bond acceptors (Lipinski definition) is 4. The molecule has 0 spiro atoms. The average molecular weight is 494 g/mol. The number of hydrogen-bond donors (Lipinski definition) is 1. The summed E-state index contributed by atoms with van der Waals surface area (Å²) in [6.07, 6.45) is 2.52. The molecule has 1 amide bonds. The molecule has 2 fully saturated rings. The van der Waals surface area contributed by atoms with Gasteiger partial charge in [0.2, 0.25) is 5.91 Å². The monoisotopic (exact) mass is 493 g/mol. The number of carbonyl (C=O) groups excluding carboxylic acids is 1. The first-order valence-corrected chi connectivity index (χ1v) is 13.2. The van der Waals surface area contributed by atoms with E-state index in [1.807, 2.05) is 54.6 Å². The minimum Gasteiger partial charge on any atom is -0.497 e. The van der Waals surface area contributed by atoms with Crippen LogP contribution in [0.4, 0.5) is 0 Å². The molecule has 2 N–H and O–H groups in total. The van der Waals surface area contributed by atoms with Crippen LogP contribution >= 0.6 is 0 Å². The maximum atomic E-state index is 13.3. The molecule has 0 radical (unpaired) electrons. The van der Waals surface area contributed by atoms with E-state index in [1.54, 1.807) is 7.11 Å². The Morgan fingerprint density at radius 2 is 1.59 bits per heavy atom. The van der Waals surface area contributed by atoms with E-state index in [1.165, 1.54) is 5.56 Å². The second-order valence-electron chi connectivity index (χ2n) is 9.94. The van der Waals surface area contributed by atoms with Gasteiger partial charge in [0.25, 0.3) is 0 Å². The van der Waals surface area contributed by atoms with Crippen LogP contribution < -0.4 is 10.5 Å². The van der Waals surface area contributed by atoms with Crippen molar-refractivity contribution in [1.82, 2.24) is 9.80 Å². The predicted molar refractivity (Wildman–Crippen MR) is 147 cm³/mol. The van der Waals surface area contributed by atoms with Gasteiger partial charge in [-0.15, -0.1) is 0 Å². The van der Waals surface area contributed by atoms with Gasteiger partial charge in [-0.1, -0.05) is 54.3 Å². The van der Waals surface area contributed by atoms with Crippen LogP contribution in [0, 0.1) is 11.8 Å². The van der Waals surface area contributed by atoms with Crippen LogP contribution in [0.2, 0.25) is 0 Å². The lowest BCUT2D eigenvalue weighted by molar-refractivity contribution is -0.134. The van der Waals surface area contributed by atoms with Gasteiger partial charge in [-0.2, -0.15) is 0 Å². The smallest absolute Gasteiger partial charge is 0.227 e. The molecular formula is C32H35N3O2. The summed E-state index contributed by atoms with van der Waals surface area (Å²) in [5.41, 5.74) is 10.6. The number of nitrogens with zero attached hydrogens (tertiary/aromatic N) is 2. The lowest BCUT2D eigenvalue weighted by Crippen LogP contribution is -2.68. The molecule has 0 aromatic heterocycles. The molecule has 0 aliphatic carbocycles. The zero-order valence-corrected chi connectivity index (χ0v) is 21.5. The first-order valence-electron chi connectivity index (χ1n) is 13.2. The number of ether oxygens (including phenoxy) is 1. The van der Waals surface area contributed by atoms with Gasteiger partial charge in [-0.3, -0.25) is 9.69 Å². The van der Waals surface area contributed by atoms with E-state index < -0.39 is 0 Å². The van der Waals surface area contributed by atoms with Gasteiger partial charge in [-0.05, 0) is 66.9 Å². The van der Waals surface area contributed by atoms with Gasteiger partial charge in [-0.25, -0.2) is 0 Å². The van der Waals surface area contributed by atoms with E-state index in [-0.39, 0.29) is 11.9 Å². The molecule has 2 aliphatic rings. The number of methoxy groups -OCH3 is 1. The van der Waals surface area contributed by atoms with Crippen LogP contribution in [0.3, 0.4) is 0 Å². The maximum absolute atomic E-state index is 13.3. The highest BCUT2D eigenvalue weighted by Crippen LogP contribution is 2.41. The number of fused-ring (bicyclic) bond motifs is 1. The van der Waals surface area contributed by atoms with Gasteiger partial charge in [0, 0.05) is 48.8 Å². The number of amides is 1. The van der Waals surface area contributed by atoms with Crippen LogP contribution in [0.1, 0.15) is 41.0 Å². The fraction of sp³-hybridized carbons (Fsp3) is 0.344. The highest BCUT2D eigenvalue weighted by atomic mass is 16.5. The molecule has 37 heavy (non-hydrogen) atoms. The molecule has 2 heterocycles. The second-order valence-corrected chi connectivity index (χ2v) is 9.94. The molecule has 3 aromatic carbocycles. The average Bonchev–Trinajstić information content (AvgIpc) is 2.92. The molecule has 2 saturated heterocycles. The SMILES string of the molecule is COc1ccc(CC(=O)N2CCCCN3[C@H](CN)[C@H](c4ccc(C#Cc5ccccc5)cc4)[C@@H]3C2)cc1. The van der Waals surface area contributed by atoms with E-state index in [0.717, 1.165) is 54.9 Å². The van der Waals surface area contributed by atoms with Crippen molar-refractivity contribution in [2.75, 3.05) is 33.3 Å². The highest BCUT2D eigenvalue weighted by molar-refractivity contribution is 5.79. The number of nitrogens with two attached hydrogens (primary N) is 1. The molecule has 5 heteroatoms. The molecule has 2 aliphatic heterocycles. The van der Waals surface area contributed by atoms with Crippen LogP contribution in [-0.4, -0.2) is 61.1 Å². The predicted octanol–water partition coefficient (Wildman–Crippen LogP) is 4.06. The lowest BCUT2D eigenvalue weighted by atomic mass is 9.74. The van der Waals surface area contributed by atoms with Crippen molar-refractivity contribution in [1.29, 1.82) is 0 Å². The van der Waals surface area contributed by atoms with Crippen LogP contribution in [-0.2, 0) is 11.2 Å². The molecule has 5 rings (SSSR count). The van der Waals surface area contributed by atoms with Gasteiger partial charge in [0.1, 0.15) is 5.75 Å². The zero-order valence-electron chi connectivity index (χ0n) is 21.5. The van der Waals surface area contributed by atoms with E-state index in [4.69, 9.17) is 10.5 Å². The minimum absolute atomic E-state index is 0.188. The third-order valence-corrected chi connectivity index (χ3v) is 7.71. The standard InChI is InChI=1S/C32H35N3O2/c1-37-28-17-13-26(14-18-28)21-31(36)34-19-5-6-20-35-29(22-33)32(30(35)23-34)27-15-11-25(12-16-27)10-9-24-7-3-2-4-8-24/h2-4,7-8,11-18,29-30,32H,5-6,19-23,33H2,1H3/t29-,30+,32+/m1/s1. The summed E-state index contributed by atoms with van der Waals surface area (Å²) in [5, 5.41) is 0. The molecule has 3 aromatic rings. The Hall–Kier alpha value is -3.59. The number of rotatable bonds is 5. The Bertz CT molecular complexity index is 1250. The maximum Gasteiger partial charge on any atom is 0.227 e. The third-order valence-electron chi connectivity index (χ3n) is 7.71. The fourth-order valence-corrected chi connectivity index (χ4v) is 5.71. The van der Waals surface area contributed by atoms with Crippen molar-refractivity contribution in [3.8, 4) is 17.6 Å². The lowest BCUT2D eigenvalue weighted by Gasteiger charge is -2.57. The third kappa shape index (κ3) is 5.72. The van der Waals surface area contributed by atoms with Crippen molar-refractivity contribution in [2.45, 2.75) is 37.3 Å². The largest absolute Gasteiger partial charge is 0.497 e. The van der Waals surface area contributed by atoms with Crippen molar-refractivity contribution >= 4 is 5.91 Å². The normalized spacial score (nSPS) is 21.5. The van der Waals surface area contributed by atoms with Gasteiger partial charge in [0.15, 0.2) is 0 Å². The molecule has 0 unspecified atom stereocenters. The Morgan fingerprint density at radius 1 is 0.919 bits per heavy atom. The fourth-order valence-electron chi connectivity index (χ4n) is 5.71. The Morgan fingerprint density at radius 3 is 2.27 bits per heavy atom. The zero-order chi connectivity index (χ0) is 25.6. The molecule has 0 saturated carbocycles. The van der Waals surface area contributed by atoms with E-state index in [0.29, 0.717) is 24.9 Å². The number of carbonyl (C=O) groups is 1. The van der Waals surface area contributed by atoms with E-state index in [9.17, 15) is 4.79 Å². The molecule has 5 nitrogen and oxygen atoms in total. The summed E-state index contributed by atoms with van der Waals surface area (Å²) in [6, 6.07) is 27.0. The first-order chi connectivity index (χ1) is 18.2. The van der Waals surface area contributed by atoms with Crippen molar-refractivity contribution in [3.63, 3.8) is 0 Å². The van der Waals surface area contributed by atoms with Crippen LogP contribution in [0.25, 0.3) is 0 Å². The van der Waals surface area contributed by atoms with E-state index >= 15 is 0 Å². The number of benzene rings is 3. The second kappa shape index (κ2) is 11.6. The first kappa shape index (κ1) is 25.1. The quantitative estimate of drug-likeness (QED) is 0.545. The summed E-state index contributed by atoms with van der Waals surface area (Å²) in [4.78, 5) is 17.9. The van der Waals surface area contributed by atoms with Crippen LogP contribution in [0.15, 0.2) is 78.9 Å². The molecule has 0 bridgehead atoms. The van der Waals surface area contributed by atoms with E-state index in [2.05, 4.69) is 45.9 Å². The topological polar surface area (TPSA) is 58.8 Å². The highest BCUT2D eigenvalue weighted by Gasteiger charge is 2.49. The van der Waals surface area contributed by atoms with Crippen molar-refractivity contribution < 1.29 is 9.53 Å². The Balaban J connectivity index is 1.30. The Kier molecular flexibility index (Phi) is 7.89. The Labute approximate surface area is 220 Å². The minimum atomic E-state index is 0.188. The van der Waals surface area contributed by atoms with Crippen LogP contribution in [0.5, 0.6) is 5.75 Å². The molecule has 190 valence electrons. The molecule has 3 atom stereocenters. The summed E-state index contributed by atoms with van der Waals surface area (Å²) in [5.74, 6) is 7.81. The molecular weight excluding hydrogens is 458 g/mol. The van der Waals surface area contributed by atoms with Crippen molar-refractivity contribution in [2.24, 2.45) is 5.73 Å². The summed E-state index contributed by atoms with van der Waals surface area (Å²) >= 11 is 0. The van der Waals surface area contributed by atoms with Gasteiger partial charge >= 0.3 is 0 Å². The van der Waals surface area contributed by atoms with Gasteiger partial charge in [0.05, 0.1) is 13.5 Å². The summed E-state index contributed by atoms with van der Waals surface area (Å²) in [6.45, 7) is 3.22. The summed E-state index contributed by atoms with van der Waals surface area (Å²) < 4.78 is 5.25.